The van der Waals surface area contributed by atoms with E-state index in [0.29, 0.717) is 5.06 Å². The van der Waals surface area contributed by atoms with Crippen LogP contribution in [0.15, 0.2) is 30.3 Å². The van der Waals surface area contributed by atoms with Gasteiger partial charge in [0.1, 0.15) is 12.6 Å². The van der Waals surface area contributed by atoms with Gasteiger partial charge in [-0.3, -0.25) is 14.5 Å². The van der Waals surface area contributed by atoms with Crippen molar-refractivity contribution in [2.75, 3.05) is 0 Å². The fourth-order valence-corrected chi connectivity index (χ4v) is 3.08. The Balaban J connectivity index is 2.05. The van der Waals surface area contributed by atoms with Crippen molar-refractivity contribution in [3.63, 3.8) is 0 Å². The molecule has 0 bridgehead atoms. The molecule has 168 valence electrons. The summed E-state index contributed by atoms with van der Waals surface area (Å²) in [6, 6.07) is 7.52. The third-order valence-corrected chi connectivity index (χ3v) is 4.54. The average molecular weight is 434 g/mol. The highest BCUT2D eigenvalue weighted by atomic mass is 16.7. The van der Waals surface area contributed by atoms with E-state index in [2.05, 4.69) is 0 Å². The molecule has 0 aliphatic carbocycles. The van der Waals surface area contributed by atoms with Gasteiger partial charge in [-0.1, -0.05) is 30.3 Å². The van der Waals surface area contributed by atoms with Crippen LogP contribution in [0.4, 0.5) is 4.79 Å². The van der Waals surface area contributed by atoms with Crippen LogP contribution >= 0.6 is 0 Å². The molecule has 0 spiro atoms. The predicted octanol–water partition coefficient (Wildman–Crippen LogP) is 2.26. The van der Waals surface area contributed by atoms with E-state index in [1.54, 1.807) is 45.0 Å². The van der Waals surface area contributed by atoms with Gasteiger partial charge in [0.25, 0.3) is 11.8 Å². The number of imide groups is 1. The molecule has 0 saturated carbocycles. The van der Waals surface area contributed by atoms with Gasteiger partial charge in [-0.05, 0) is 32.8 Å². The maximum atomic E-state index is 12.7. The number of rotatable bonds is 8. The maximum Gasteiger partial charge on any atom is 0.411 e. The topological polar surface area (TPSA) is 131 Å². The fraction of sp³-hybridized carbons (Fsp3) is 0.476. The molecule has 0 aromatic heterocycles. The van der Waals surface area contributed by atoms with E-state index >= 15 is 0 Å². The van der Waals surface area contributed by atoms with Crippen LogP contribution in [0.3, 0.4) is 0 Å². The van der Waals surface area contributed by atoms with E-state index in [9.17, 15) is 29.1 Å². The first-order valence-electron chi connectivity index (χ1n) is 9.80. The van der Waals surface area contributed by atoms with Gasteiger partial charge in [0.05, 0.1) is 6.42 Å². The summed E-state index contributed by atoms with van der Waals surface area (Å²) >= 11 is 0. The Hall–Kier alpha value is -3.43. The molecule has 1 aliphatic heterocycles. The summed E-state index contributed by atoms with van der Waals surface area (Å²) in [6.45, 7) is 4.89. The Morgan fingerprint density at radius 3 is 2.19 bits per heavy atom. The minimum absolute atomic E-state index is 0.0418. The number of amides is 3. The number of carboxylic acid groups (broad SMARTS) is 1. The van der Waals surface area contributed by atoms with Crippen LogP contribution < -0.4 is 0 Å². The SMILES string of the molecule is CC(C)(C)N(C(=O)OCc1ccccc1)[C@@H](CCC(=O)ON1C(=O)CCC1=O)C(=O)O. The quantitative estimate of drug-likeness (QED) is 0.617. The third kappa shape index (κ3) is 6.53. The molecule has 10 heteroatoms. The van der Waals surface area contributed by atoms with Crippen molar-refractivity contribution in [2.24, 2.45) is 0 Å². The van der Waals surface area contributed by atoms with Crippen molar-refractivity contribution in [1.29, 1.82) is 0 Å². The summed E-state index contributed by atoms with van der Waals surface area (Å²) in [7, 11) is 0. The van der Waals surface area contributed by atoms with Crippen molar-refractivity contribution in [3.05, 3.63) is 35.9 Å². The van der Waals surface area contributed by atoms with Gasteiger partial charge in [-0.15, -0.1) is 5.06 Å². The number of nitrogens with zero attached hydrogens (tertiary/aromatic N) is 2. The first kappa shape index (κ1) is 23.8. The average Bonchev–Trinajstić information content (AvgIpc) is 3.00. The molecule has 1 fully saturated rings. The molecule has 0 radical (unpaired) electrons. The van der Waals surface area contributed by atoms with Crippen molar-refractivity contribution < 1.29 is 38.7 Å². The molecular weight excluding hydrogens is 408 g/mol. The van der Waals surface area contributed by atoms with Crippen LogP contribution in [-0.4, -0.2) is 56.5 Å². The maximum absolute atomic E-state index is 12.7. The lowest BCUT2D eigenvalue weighted by atomic mass is 10.0. The number of hydrogen-bond donors (Lipinski definition) is 1. The van der Waals surface area contributed by atoms with Gasteiger partial charge in [-0.2, -0.15) is 0 Å². The van der Waals surface area contributed by atoms with E-state index < -0.39 is 47.8 Å². The number of carbonyl (C=O) groups is 5. The van der Waals surface area contributed by atoms with Gasteiger partial charge in [-0.25, -0.2) is 14.4 Å². The van der Waals surface area contributed by atoms with Crippen molar-refractivity contribution >= 4 is 29.8 Å². The second-order valence-corrected chi connectivity index (χ2v) is 8.02. The zero-order chi connectivity index (χ0) is 23.2. The number of ether oxygens (including phenoxy) is 1. The summed E-state index contributed by atoms with van der Waals surface area (Å²) in [4.78, 5) is 65.6. The highest BCUT2D eigenvalue weighted by Gasteiger charge is 2.39. The van der Waals surface area contributed by atoms with Crippen LogP contribution in [0.1, 0.15) is 52.0 Å². The Kier molecular flexibility index (Phi) is 7.73. The highest BCUT2D eigenvalue weighted by molar-refractivity contribution is 6.01. The Morgan fingerprint density at radius 1 is 1.10 bits per heavy atom. The zero-order valence-corrected chi connectivity index (χ0v) is 17.7. The van der Waals surface area contributed by atoms with E-state index in [0.717, 1.165) is 10.5 Å². The standard InChI is InChI=1S/C21H26N2O8/c1-21(2,3)22(20(29)30-13-14-7-5-4-6-8-14)15(19(27)28)9-12-18(26)31-23-16(24)10-11-17(23)25/h4-8,15H,9-13H2,1-3H3,(H,27,28)/t15-/m0/s1. The highest BCUT2D eigenvalue weighted by Crippen LogP contribution is 2.23. The number of hydrogen-bond acceptors (Lipinski definition) is 7. The Morgan fingerprint density at radius 2 is 1.68 bits per heavy atom. The molecule has 1 aromatic carbocycles. The van der Waals surface area contributed by atoms with Crippen LogP contribution in [0.25, 0.3) is 0 Å². The minimum atomic E-state index is -1.39. The number of carbonyl (C=O) groups excluding carboxylic acids is 4. The molecule has 1 saturated heterocycles. The second kappa shape index (κ2) is 10.1. The molecule has 2 rings (SSSR count). The summed E-state index contributed by atoms with van der Waals surface area (Å²) in [5, 5.41) is 10.1. The fourth-order valence-electron chi connectivity index (χ4n) is 3.08. The lowest BCUT2D eigenvalue weighted by Crippen LogP contribution is -2.55. The first-order valence-corrected chi connectivity index (χ1v) is 9.80. The monoisotopic (exact) mass is 434 g/mol. The molecule has 31 heavy (non-hydrogen) atoms. The summed E-state index contributed by atoms with van der Waals surface area (Å²) in [5.74, 6) is -3.53. The van der Waals surface area contributed by atoms with E-state index in [-0.39, 0.29) is 25.9 Å². The van der Waals surface area contributed by atoms with Gasteiger partial charge in [0.15, 0.2) is 0 Å². The van der Waals surface area contributed by atoms with Crippen LogP contribution in [0.5, 0.6) is 0 Å². The van der Waals surface area contributed by atoms with Gasteiger partial charge in [0, 0.05) is 18.4 Å². The molecule has 3 amide bonds. The van der Waals surface area contributed by atoms with Crippen LogP contribution in [0.2, 0.25) is 0 Å². The predicted molar refractivity (Wildman–Crippen MR) is 106 cm³/mol. The molecule has 1 aromatic rings. The van der Waals surface area contributed by atoms with Gasteiger partial charge >= 0.3 is 18.0 Å². The van der Waals surface area contributed by atoms with E-state index in [1.165, 1.54) is 0 Å². The van der Waals surface area contributed by atoms with Crippen molar-refractivity contribution in [3.8, 4) is 0 Å². The van der Waals surface area contributed by atoms with Crippen molar-refractivity contribution in [2.45, 2.75) is 64.6 Å². The summed E-state index contributed by atoms with van der Waals surface area (Å²) in [6.07, 6.45) is -1.65. The van der Waals surface area contributed by atoms with E-state index in [4.69, 9.17) is 9.57 Å². The minimum Gasteiger partial charge on any atom is -0.480 e. The molecule has 1 atom stereocenters. The Labute approximate surface area is 179 Å². The summed E-state index contributed by atoms with van der Waals surface area (Å²) < 4.78 is 5.30. The molecule has 1 N–H and O–H groups in total. The van der Waals surface area contributed by atoms with Gasteiger partial charge in [0.2, 0.25) is 0 Å². The lowest BCUT2D eigenvalue weighted by molar-refractivity contribution is -0.197. The largest absolute Gasteiger partial charge is 0.480 e. The van der Waals surface area contributed by atoms with E-state index in [1.807, 2.05) is 6.07 Å². The third-order valence-electron chi connectivity index (χ3n) is 4.54. The van der Waals surface area contributed by atoms with Crippen LogP contribution in [0, 0.1) is 0 Å². The molecule has 10 nitrogen and oxygen atoms in total. The Bertz CT molecular complexity index is 831. The normalized spacial score (nSPS) is 14.9. The first-order chi connectivity index (χ1) is 14.5. The number of aliphatic carboxylic acids is 1. The second-order valence-electron chi connectivity index (χ2n) is 8.02. The number of hydroxylamine groups is 2. The smallest absolute Gasteiger partial charge is 0.411 e. The van der Waals surface area contributed by atoms with Crippen molar-refractivity contribution in [1.82, 2.24) is 9.96 Å². The van der Waals surface area contributed by atoms with Crippen LogP contribution in [-0.2, 0) is 35.4 Å². The molecule has 1 aliphatic rings. The molecule has 1 heterocycles. The van der Waals surface area contributed by atoms with Gasteiger partial charge < -0.3 is 14.7 Å². The number of carboxylic acids is 1. The molecule has 0 unspecified atom stereocenters. The molecular formula is C21H26N2O8. The summed E-state index contributed by atoms with van der Waals surface area (Å²) in [5.41, 5.74) is -0.193. The zero-order valence-electron chi connectivity index (χ0n) is 17.7. The lowest BCUT2D eigenvalue weighted by Gasteiger charge is -2.38. The number of benzene rings is 1.